The molecule has 0 unspecified atom stereocenters. The summed E-state index contributed by atoms with van der Waals surface area (Å²) in [7, 11) is 0. The third kappa shape index (κ3) is 5.21. The van der Waals surface area contributed by atoms with Gasteiger partial charge in [0.05, 0.1) is 11.9 Å². The molecule has 2 rings (SSSR count). The van der Waals surface area contributed by atoms with Gasteiger partial charge in [-0.1, -0.05) is 24.3 Å². The van der Waals surface area contributed by atoms with E-state index >= 15 is 0 Å². The number of thiocarbonyl (C=S) groups is 1. The van der Waals surface area contributed by atoms with Gasteiger partial charge in [-0.2, -0.15) is 5.10 Å². The predicted molar refractivity (Wildman–Crippen MR) is 91.4 cm³/mol. The molecule has 8 nitrogen and oxygen atoms in total. The Kier molecular flexibility index (Phi) is 6.03. The van der Waals surface area contributed by atoms with Gasteiger partial charge in [-0.3, -0.25) is 15.7 Å². The molecular formula is C15H14N5O3S-. The highest BCUT2D eigenvalue weighted by molar-refractivity contribution is 7.80. The Balaban J connectivity index is 1.97. The van der Waals surface area contributed by atoms with Crippen molar-refractivity contribution in [2.45, 2.75) is 6.61 Å². The summed E-state index contributed by atoms with van der Waals surface area (Å²) < 4.78 is 5.03. The van der Waals surface area contributed by atoms with Crippen LogP contribution in [0, 0.1) is 0 Å². The van der Waals surface area contributed by atoms with Gasteiger partial charge in [0.2, 0.25) is 0 Å². The van der Waals surface area contributed by atoms with Crippen molar-refractivity contribution in [1.82, 2.24) is 10.4 Å². The number of ether oxygens (including phenoxy) is 1. The van der Waals surface area contributed by atoms with Crippen molar-refractivity contribution in [2.24, 2.45) is 10.8 Å². The van der Waals surface area contributed by atoms with E-state index in [0.29, 0.717) is 16.9 Å². The Hall–Kier alpha value is -3.20. The van der Waals surface area contributed by atoms with Crippen LogP contribution >= 0.6 is 12.2 Å². The smallest absolute Gasteiger partial charge is 0.412 e. The van der Waals surface area contributed by atoms with Crippen LogP contribution in [-0.4, -0.2) is 22.4 Å². The average Bonchev–Trinajstić information content (AvgIpc) is 2.55. The maximum atomic E-state index is 11.9. The van der Waals surface area contributed by atoms with Gasteiger partial charge in [0.25, 0.3) is 0 Å². The molecule has 0 spiro atoms. The van der Waals surface area contributed by atoms with Gasteiger partial charge in [-0.25, -0.2) is 4.79 Å². The Morgan fingerprint density at radius 2 is 2.17 bits per heavy atom. The summed E-state index contributed by atoms with van der Waals surface area (Å²) >= 11 is 4.62. The SMILES string of the molecule is NC(=S)N/N=C/c1ncccc1NC(=O)OCc1ccccc1[O-]. The maximum absolute atomic E-state index is 11.9. The van der Waals surface area contributed by atoms with Gasteiger partial charge in [0.15, 0.2) is 5.11 Å². The van der Waals surface area contributed by atoms with Crippen LogP contribution in [0.25, 0.3) is 0 Å². The van der Waals surface area contributed by atoms with Gasteiger partial charge in [-0.15, -0.1) is 5.75 Å². The van der Waals surface area contributed by atoms with E-state index in [9.17, 15) is 9.90 Å². The second-order valence-corrected chi connectivity index (χ2v) is 4.92. The van der Waals surface area contributed by atoms with Crippen molar-refractivity contribution in [3.05, 3.63) is 53.9 Å². The van der Waals surface area contributed by atoms with Crippen molar-refractivity contribution in [2.75, 3.05) is 5.32 Å². The Morgan fingerprint density at radius 1 is 1.38 bits per heavy atom. The molecule has 0 aliphatic heterocycles. The van der Waals surface area contributed by atoms with Gasteiger partial charge in [0, 0.05) is 6.20 Å². The summed E-state index contributed by atoms with van der Waals surface area (Å²) in [5, 5.41) is 17.9. The maximum Gasteiger partial charge on any atom is 0.412 e. The van der Waals surface area contributed by atoms with Gasteiger partial charge in [0.1, 0.15) is 12.3 Å². The van der Waals surface area contributed by atoms with Gasteiger partial charge < -0.3 is 15.6 Å². The van der Waals surface area contributed by atoms with E-state index in [2.05, 4.69) is 33.0 Å². The highest BCUT2D eigenvalue weighted by Crippen LogP contribution is 2.14. The first-order chi connectivity index (χ1) is 11.6. The second kappa shape index (κ2) is 8.44. The lowest BCUT2D eigenvalue weighted by molar-refractivity contribution is -0.269. The van der Waals surface area contributed by atoms with Crippen molar-refractivity contribution < 1.29 is 14.6 Å². The lowest BCUT2D eigenvalue weighted by atomic mass is 10.2. The third-order valence-corrected chi connectivity index (χ3v) is 2.86. The topological polar surface area (TPSA) is 125 Å². The van der Waals surface area contributed by atoms with E-state index in [-0.39, 0.29) is 17.5 Å². The Bertz CT molecular complexity index is 766. The van der Waals surface area contributed by atoms with E-state index in [1.54, 1.807) is 30.3 Å². The molecule has 0 bridgehead atoms. The van der Waals surface area contributed by atoms with Crippen molar-refractivity contribution in [1.29, 1.82) is 0 Å². The molecule has 0 saturated heterocycles. The highest BCUT2D eigenvalue weighted by atomic mass is 32.1. The minimum absolute atomic E-state index is 0.00683. The monoisotopic (exact) mass is 344 g/mol. The van der Waals surface area contributed by atoms with Gasteiger partial charge in [-0.05, 0) is 29.9 Å². The summed E-state index contributed by atoms with van der Waals surface area (Å²) in [6.07, 6.45) is 2.16. The number of anilines is 1. The molecule has 2 aromatic rings. The van der Waals surface area contributed by atoms with E-state index in [4.69, 9.17) is 10.5 Å². The van der Waals surface area contributed by atoms with Crippen LogP contribution in [0.2, 0.25) is 0 Å². The van der Waals surface area contributed by atoms with Gasteiger partial charge >= 0.3 is 6.09 Å². The fourth-order valence-electron chi connectivity index (χ4n) is 1.70. The summed E-state index contributed by atoms with van der Waals surface area (Å²) in [5.74, 6) is -0.191. The van der Waals surface area contributed by atoms with E-state index in [1.165, 1.54) is 18.5 Å². The molecule has 1 heterocycles. The van der Waals surface area contributed by atoms with Crippen LogP contribution in [0.4, 0.5) is 10.5 Å². The second-order valence-electron chi connectivity index (χ2n) is 4.48. The number of carbonyl (C=O) groups is 1. The Morgan fingerprint density at radius 3 is 2.92 bits per heavy atom. The molecular weight excluding hydrogens is 330 g/mol. The van der Waals surface area contributed by atoms with Crippen LogP contribution in [0.1, 0.15) is 11.3 Å². The largest absolute Gasteiger partial charge is 0.872 e. The van der Waals surface area contributed by atoms with Crippen LogP contribution in [-0.2, 0) is 11.3 Å². The first kappa shape index (κ1) is 17.2. The zero-order valence-electron chi connectivity index (χ0n) is 12.4. The minimum Gasteiger partial charge on any atom is -0.872 e. The molecule has 124 valence electrons. The average molecular weight is 344 g/mol. The Labute approximate surface area is 143 Å². The normalized spacial score (nSPS) is 10.3. The van der Waals surface area contributed by atoms with Crippen LogP contribution in [0.15, 0.2) is 47.7 Å². The zero-order valence-corrected chi connectivity index (χ0v) is 13.2. The summed E-state index contributed by atoms with van der Waals surface area (Å²) in [4.78, 5) is 15.9. The molecule has 4 N–H and O–H groups in total. The van der Waals surface area contributed by atoms with Crippen LogP contribution in [0.3, 0.4) is 0 Å². The summed E-state index contributed by atoms with van der Waals surface area (Å²) in [5.41, 5.74) is 8.79. The number of pyridine rings is 1. The molecule has 0 aliphatic rings. The number of benzene rings is 1. The first-order valence-corrected chi connectivity index (χ1v) is 7.19. The number of nitrogens with zero attached hydrogens (tertiary/aromatic N) is 2. The van der Waals surface area contributed by atoms with E-state index in [1.807, 2.05) is 0 Å². The number of aromatic nitrogens is 1. The van der Waals surface area contributed by atoms with E-state index < -0.39 is 6.09 Å². The van der Waals surface area contributed by atoms with E-state index in [0.717, 1.165) is 0 Å². The number of nitrogens with one attached hydrogen (secondary N) is 2. The molecule has 0 radical (unpaired) electrons. The fourth-order valence-corrected chi connectivity index (χ4v) is 1.75. The third-order valence-electron chi connectivity index (χ3n) is 2.77. The number of para-hydroxylation sites is 1. The van der Waals surface area contributed by atoms with Crippen molar-refractivity contribution in [3.63, 3.8) is 0 Å². The van der Waals surface area contributed by atoms with Crippen LogP contribution < -0.4 is 21.6 Å². The molecule has 1 aromatic heterocycles. The molecule has 1 amide bonds. The minimum atomic E-state index is -0.719. The number of rotatable bonds is 5. The highest BCUT2D eigenvalue weighted by Gasteiger charge is 2.08. The zero-order chi connectivity index (χ0) is 17.4. The molecule has 0 atom stereocenters. The molecule has 0 saturated carbocycles. The van der Waals surface area contributed by atoms with Crippen LogP contribution in [0.5, 0.6) is 5.75 Å². The number of hydrazone groups is 1. The quantitative estimate of drug-likeness (QED) is 0.421. The standard InChI is InChI=1S/C15H15N5O3S/c16-14(24)20-18-8-12-11(5-3-7-17-12)19-15(22)23-9-10-4-1-2-6-13(10)21/h1-8,21H,9H2,(H,19,22)(H3,16,20,24)/p-1/b18-8+. The molecule has 24 heavy (non-hydrogen) atoms. The van der Waals surface area contributed by atoms with Crippen molar-refractivity contribution >= 4 is 35.3 Å². The first-order valence-electron chi connectivity index (χ1n) is 6.78. The van der Waals surface area contributed by atoms with Crippen molar-refractivity contribution in [3.8, 4) is 5.75 Å². The number of hydrogen-bond acceptors (Lipinski definition) is 6. The molecule has 1 aromatic carbocycles. The number of hydrogen-bond donors (Lipinski definition) is 3. The lowest BCUT2D eigenvalue weighted by Gasteiger charge is -2.13. The predicted octanol–water partition coefficient (Wildman–Crippen LogP) is 1.07. The number of nitrogens with two attached hydrogens (primary N) is 1. The summed E-state index contributed by atoms with van der Waals surface area (Å²) in [6.45, 7) is -0.127. The lowest BCUT2D eigenvalue weighted by Crippen LogP contribution is -2.24. The number of amides is 1. The number of carbonyl (C=O) groups excluding carboxylic acids is 1. The molecule has 0 aliphatic carbocycles. The molecule has 0 fully saturated rings. The fraction of sp³-hybridized carbons (Fsp3) is 0.0667. The summed E-state index contributed by atoms with van der Waals surface area (Å²) in [6, 6.07) is 9.58. The molecule has 9 heteroatoms.